The number of sulfonamides is 2. The molecular formula is C21H17F2N3O7S2. The van der Waals surface area contributed by atoms with Crippen LogP contribution in [0, 0.1) is 11.6 Å². The van der Waals surface area contributed by atoms with Crippen molar-refractivity contribution in [3.63, 3.8) is 0 Å². The third-order valence-electron chi connectivity index (χ3n) is 4.27. The molecule has 0 atom stereocenters. The first-order valence-electron chi connectivity index (χ1n) is 9.53. The molecule has 0 aliphatic heterocycles. The molecule has 0 aromatic heterocycles. The van der Waals surface area contributed by atoms with Crippen LogP contribution in [0.25, 0.3) is 0 Å². The average molecular weight is 526 g/mol. The number of amides is 1. The summed E-state index contributed by atoms with van der Waals surface area (Å²) >= 11 is 0. The van der Waals surface area contributed by atoms with Gasteiger partial charge in [-0.3, -0.25) is 14.2 Å². The van der Waals surface area contributed by atoms with Gasteiger partial charge in [-0.15, -0.1) is 0 Å². The fourth-order valence-corrected chi connectivity index (χ4v) is 4.82. The number of carbonyl (C=O) groups is 2. The van der Waals surface area contributed by atoms with Crippen molar-refractivity contribution in [2.75, 3.05) is 16.1 Å². The summed E-state index contributed by atoms with van der Waals surface area (Å²) < 4.78 is 86.0. The fourth-order valence-electron chi connectivity index (χ4n) is 2.74. The van der Waals surface area contributed by atoms with Gasteiger partial charge in [-0.05, 0) is 66.7 Å². The van der Waals surface area contributed by atoms with Crippen molar-refractivity contribution in [3.05, 3.63) is 83.9 Å². The maximum absolute atomic E-state index is 13.2. The highest BCUT2D eigenvalue weighted by Gasteiger charge is 2.20. The van der Waals surface area contributed by atoms with E-state index in [2.05, 4.69) is 9.44 Å². The minimum absolute atomic E-state index is 0.264. The quantitative estimate of drug-likeness (QED) is 0.361. The zero-order valence-corrected chi connectivity index (χ0v) is 19.2. The van der Waals surface area contributed by atoms with Crippen LogP contribution in [0.4, 0.5) is 20.2 Å². The molecule has 0 bridgehead atoms. The molecule has 0 aliphatic carbocycles. The average Bonchev–Trinajstić information content (AvgIpc) is 2.77. The molecule has 0 radical (unpaired) electrons. The van der Waals surface area contributed by atoms with Crippen LogP contribution in [0.1, 0.15) is 10.4 Å². The lowest BCUT2D eigenvalue weighted by Gasteiger charge is -2.14. The van der Waals surface area contributed by atoms with Crippen molar-refractivity contribution >= 4 is 43.3 Å². The summed E-state index contributed by atoms with van der Waals surface area (Å²) in [4.78, 5) is 22.6. The smallest absolute Gasteiger partial charge is 0.338 e. The van der Waals surface area contributed by atoms with Gasteiger partial charge in [0.05, 0.1) is 26.7 Å². The van der Waals surface area contributed by atoms with E-state index in [4.69, 9.17) is 10.5 Å². The molecule has 0 unspecified atom stereocenters. The van der Waals surface area contributed by atoms with Gasteiger partial charge in [0.1, 0.15) is 11.6 Å². The van der Waals surface area contributed by atoms with Crippen LogP contribution in [0.3, 0.4) is 0 Å². The zero-order chi connectivity index (χ0) is 25.8. The van der Waals surface area contributed by atoms with E-state index in [0.717, 1.165) is 66.7 Å². The number of benzene rings is 3. The molecule has 0 heterocycles. The first-order valence-corrected chi connectivity index (χ1v) is 12.5. The lowest BCUT2D eigenvalue weighted by Crippen LogP contribution is -2.21. The monoisotopic (exact) mass is 525 g/mol. The zero-order valence-electron chi connectivity index (χ0n) is 17.6. The van der Waals surface area contributed by atoms with E-state index >= 15 is 0 Å². The van der Waals surface area contributed by atoms with E-state index in [1.54, 1.807) is 0 Å². The van der Waals surface area contributed by atoms with Gasteiger partial charge < -0.3 is 10.5 Å². The maximum atomic E-state index is 13.2. The molecule has 35 heavy (non-hydrogen) atoms. The lowest BCUT2D eigenvalue weighted by molar-refractivity contribution is -0.121. The highest BCUT2D eigenvalue weighted by atomic mass is 32.2. The Morgan fingerprint density at radius 3 is 1.51 bits per heavy atom. The number of primary amides is 1. The molecule has 1 amide bonds. The van der Waals surface area contributed by atoms with Crippen LogP contribution < -0.4 is 15.2 Å². The normalized spacial score (nSPS) is 11.5. The van der Waals surface area contributed by atoms with Crippen LogP contribution in [0.5, 0.6) is 0 Å². The third kappa shape index (κ3) is 6.74. The second-order valence-electron chi connectivity index (χ2n) is 6.96. The van der Waals surface area contributed by atoms with E-state index < -0.39 is 50.2 Å². The van der Waals surface area contributed by atoms with Crippen molar-refractivity contribution in [3.8, 4) is 0 Å². The Kier molecular flexibility index (Phi) is 7.36. The number of esters is 1. The summed E-state index contributed by atoms with van der Waals surface area (Å²) in [6.45, 7) is -0.777. The standard InChI is InChI=1S/C21H17F2N3O7S2/c22-14-1-5-18(6-2-14)34(29,30)25-16-9-13(21(28)33-12-20(24)27)10-17(11-16)26-35(31,32)19-7-3-15(23)4-8-19/h1-11,25-26H,12H2,(H2,24,27). The SMILES string of the molecule is NC(=O)COC(=O)c1cc(NS(=O)(=O)c2ccc(F)cc2)cc(NS(=O)(=O)c2ccc(F)cc2)c1. The van der Waals surface area contributed by atoms with Gasteiger partial charge in [0, 0.05) is 0 Å². The van der Waals surface area contributed by atoms with E-state index in [1.165, 1.54) is 0 Å². The molecule has 0 fully saturated rings. The van der Waals surface area contributed by atoms with Gasteiger partial charge in [-0.2, -0.15) is 0 Å². The number of anilines is 2. The third-order valence-corrected chi connectivity index (χ3v) is 7.06. The molecule has 0 aliphatic rings. The number of carbonyl (C=O) groups excluding carboxylic acids is 2. The van der Waals surface area contributed by atoms with Crippen LogP contribution in [-0.2, 0) is 29.6 Å². The fraction of sp³-hybridized carbons (Fsp3) is 0.0476. The molecule has 3 aromatic rings. The first kappa shape index (κ1) is 25.6. The summed E-state index contributed by atoms with van der Waals surface area (Å²) in [5, 5.41) is 0. The highest BCUT2D eigenvalue weighted by Crippen LogP contribution is 2.25. The summed E-state index contributed by atoms with van der Waals surface area (Å²) in [6, 6.07) is 10.8. The molecule has 3 rings (SSSR count). The van der Waals surface area contributed by atoms with E-state index in [9.17, 15) is 35.2 Å². The number of nitrogens with two attached hydrogens (primary N) is 1. The number of ether oxygens (including phenoxy) is 1. The Morgan fingerprint density at radius 1 is 0.743 bits per heavy atom. The van der Waals surface area contributed by atoms with Crippen molar-refractivity contribution in [1.29, 1.82) is 0 Å². The minimum atomic E-state index is -4.28. The van der Waals surface area contributed by atoms with Gasteiger partial charge in [-0.25, -0.2) is 30.4 Å². The predicted octanol–water partition coefficient (Wildman–Crippen LogP) is 2.21. The maximum Gasteiger partial charge on any atom is 0.338 e. The van der Waals surface area contributed by atoms with E-state index in [-0.39, 0.29) is 26.7 Å². The number of nitrogens with one attached hydrogen (secondary N) is 2. The van der Waals surface area contributed by atoms with E-state index in [1.807, 2.05) is 0 Å². The minimum Gasteiger partial charge on any atom is -0.452 e. The summed E-state index contributed by atoms with van der Waals surface area (Å²) in [5.41, 5.74) is 4.08. The highest BCUT2D eigenvalue weighted by molar-refractivity contribution is 7.93. The van der Waals surface area contributed by atoms with Gasteiger partial charge in [0.2, 0.25) is 0 Å². The summed E-state index contributed by atoms with van der Waals surface area (Å²) in [5.74, 6) is -3.39. The van der Waals surface area contributed by atoms with Gasteiger partial charge in [-0.1, -0.05) is 0 Å². The second kappa shape index (κ2) is 10.1. The Labute approximate surface area is 198 Å². The lowest BCUT2D eigenvalue weighted by atomic mass is 10.2. The molecule has 0 spiro atoms. The molecule has 184 valence electrons. The molecule has 0 saturated heterocycles. The topological polar surface area (TPSA) is 162 Å². The molecule has 0 saturated carbocycles. The number of halogens is 2. The van der Waals surface area contributed by atoms with Crippen molar-refractivity contribution in [2.45, 2.75) is 9.79 Å². The van der Waals surface area contributed by atoms with E-state index in [0.29, 0.717) is 0 Å². The molecular weight excluding hydrogens is 508 g/mol. The van der Waals surface area contributed by atoms with Crippen LogP contribution in [-0.4, -0.2) is 35.3 Å². The molecule has 10 nitrogen and oxygen atoms in total. The van der Waals surface area contributed by atoms with Crippen molar-refractivity contribution < 1.29 is 39.9 Å². The Morgan fingerprint density at radius 2 is 1.14 bits per heavy atom. The molecule has 3 aromatic carbocycles. The Bertz CT molecular complexity index is 1380. The number of rotatable bonds is 9. The second-order valence-corrected chi connectivity index (χ2v) is 10.3. The van der Waals surface area contributed by atoms with Gasteiger partial charge in [0.15, 0.2) is 6.61 Å². The Balaban J connectivity index is 1.99. The number of hydrogen-bond acceptors (Lipinski definition) is 7. The van der Waals surface area contributed by atoms with Crippen molar-refractivity contribution in [1.82, 2.24) is 0 Å². The largest absolute Gasteiger partial charge is 0.452 e. The molecule has 4 N–H and O–H groups in total. The molecule has 14 heteroatoms. The van der Waals surface area contributed by atoms with Crippen molar-refractivity contribution in [2.24, 2.45) is 5.73 Å². The summed E-state index contributed by atoms with van der Waals surface area (Å²) in [7, 11) is -8.55. The van der Waals surface area contributed by atoms with Crippen LogP contribution in [0.2, 0.25) is 0 Å². The first-order chi connectivity index (χ1) is 16.4. The van der Waals surface area contributed by atoms with Gasteiger partial charge in [0.25, 0.3) is 26.0 Å². The number of hydrogen-bond donors (Lipinski definition) is 3. The predicted molar refractivity (Wildman–Crippen MR) is 120 cm³/mol. The van der Waals surface area contributed by atoms with Crippen LogP contribution >= 0.6 is 0 Å². The summed E-state index contributed by atoms with van der Waals surface area (Å²) in [6.07, 6.45) is 0. The van der Waals surface area contributed by atoms with Crippen LogP contribution in [0.15, 0.2) is 76.5 Å². The van der Waals surface area contributed by atoms with Gasteiger partial charge >= 0.3 is 5.97 Å². The Hall–Kier alpha value is -4.04.